The summed E-state index contributed by atoms with van der Waals surface area (Å²) in [5.41, 5.74) is 2.31. The first-order valence-corrected chi connectivity index (χ1v) is 7.38. The van der Waals surface area contributed by atoms with Gasteiger partial charge in [0.05, 0.1) is 12.3 Å². The van der Waals surface area contributed by atoms with Crippen LogP contribution in [0.1, 0.15) is 12.5 Å². The molecule has 23 heavy (non-hydrogen) atoms. The monoisotopic (exact) mass is 311 g/mol. The van der Waals surface area contributed by atoms with E-state index >= 15 is 0 Å². The van der Waals surface area contributed by atoms with Gasteiger partial charge in [0.1, 0.15) is 24.2 Å². The Balaban J connectivity index is 1.71. The molecular formula is C18H17NO4. The highest BCUT2D eigenvalue weighted by Crippen LogP contribution is 2.29. The van der Waals surface area contributed by atoms with E-state index in [2.05, 4.69) is 5.32 Å². The minimum absolute atomic E-state index is 0.319. The molecule has 1 amide bonds. The smallest absolute Gasteiger partial charge is 0.411 e. The Labute approximate surface area is 133 Å². The third-order valence-corrected chi connectivity index (χ3v) is 3.31. The Kier molecular flexibility index (Phi) is 4.47. The lowest BCUT2D eigenvalue weighted by atomic mass is 10.2. The minimum atomic E-state index is -0.500. The van der Waals surface area contributed by atoms with Crippen LogP contribution in [0.2, 0.25) is 0 Å². The van der Waals surface area contributed by atoms with E-state index in [1.165, 1.54) is 6.26 Å². The van der Waals surface area contributed by atoms with E-state index in [0.717, 1.165) is 10.9 Å². The fraction of sp³-hybridized carbons (Fsp3) is 0.167. The van der Waals surface area contributed by atoms with E-state index in [9.17, 15) is 4.79 Å². The number of amides is 1. The number of carbonyl (C=O) groups excluding carboxylic acids is 1. The number of carbonyl (C=O) groups is 1. The van der Waals surface area contributed by atoms with Gasteiger partial charge in [0.15, 0.2) is 0 Å². The van der Waals surface area contributed by atoms with Crippen LogP contribution in [0.3, 0.4) is 0 Å². The second-order valence-electron chi connectivity index (χ2n) is 4.93. The predicted octanol–water partition coefficient (Wildman–Crippen LogP) is 4.58. The van der Waals surface area contributed by atoms with Crippen LogP contribution in [0, 0.1) is 0 Å². The van der Waals surface area contributed by atoms with Gasteiger partial charge in [-0.05, 0) is 24.6 Å². The van der Waals surface area contributed by atoms with Gasteiger partial charge in [-0.25, -0.2) is 4.79 Å². The lowest BCUT2D eigenvalue weighted by Crippen LogP contribution is -2.12. The number of rotatable bonds is 5. The van der Waals surface area contributed by atoms with Crippen molar-refractivity contribution in [3.63, 3.8) is 0 Å². The van der Waals surface area contributed by atoms with E-state index in [-0.39, 0.29) is 0 Å². The Morgan fingerprint density at radius 3 is 2.78 bits per heavy atom. The molecule has 0 aliphatic heterocycles. The summed E-state index contributed by atoms with van der Waals surface area (Å²) in [5.74, 6) is 0.707. The molecule has 0 aliphatic carbocycles. The normalized spacial score (nSPS) is 10.5. The van der Waals surface area contributed by atoms with Crippen molar-refractivity contribution in [1.29, 1.82) is 0 Å². The zero-order valence-corrected chi connectivity index (χ0v) is 12.7. The van der Waals surface area contributed by atoms with Crippen LogP contribution in [0.4, 0.5) is 10.5 Å². The second kappa shape index (κ2) is 6.87. The third kappa shape index (κ3) is 3.63. The molecule has 118 valence electrons. The Bertz CT molecular complexity index is 795. The number of furan rings is 1. The van der Waals surface area contributed by atoms with Gasteiger partial charge in [-0.1, -0.05) is 30.3 Å². The van der Waals surface area contributed by atoms with Crippen molar-refractivity contribution in [2.45, 2.75) is 13.5 Å². The number of anilines is 1. The number of fused-ring (bicyclic) bond motifs is 1. The zero-order chi connectivity index (χ0) is 16.1. The molecule has 5 heteroatoms. The number of nitrogens with one attached hydrogen (secondary N) is 1. The lowest BCUT2D eigenvalue weighted by molar-refractivity contribution is 0.168. The Morgan fingerprint density at radius 2 is 2.00 bits per heavy atom. The van der Waals surface area contributed by atoms with Crippen LogP contribution in [0.25, 0.3) is 11.0 Å². The number of hydrogen-bond donors (Lipinski definition) is 1. The molecular weight excluding hydrogens is 294 g/mol. The summed E-state index contributed by atoms with van der Waals surface area (Å²) in [5, 5.41) is 3.44. The van der Waals surface area contributed by atoms with Gasteiger partial charge in [-0.2, -0.15) is 0 Å². The van der Waals surface area contributed by atoms with Crippen LogP contribution < -0.4 is 10.1 Å². The average molecular weight is 311 g/mol. The largest absolute Gasteiger partial charge is 0.489 e. The SMILES string of the molecule is CCOC(=O)Nc1coc2cc(OCc3ccccc3)ccc12. The van der Waals surface area contributed by atoms with Crippen LogP contribution in [-0.4, -0.2) is 12.7 Å². The maximum Gasteiger partial charge on any atom is 0.411 e. The first kappa shape index (κ1) is 15.0. The van der Waals surface area contributed by atoms with Crippen molar-refractivity contribution in [3.05, 3.63) is 60.4 Å². The van der Waals surface area contributed by atoms with E-state index in [0.29, 0.717) is 30.2 Å². The Hall–Kier alpha value is -2.95. The van der Waals surface area contributed by atoms with Crippen molar-refractivity contribution in [2.75, 3.05) is 11.9 Å². The fourth-order valence-electron chi connectivity index (χ4n) is 2.21. The summed E-state index contributed by atoms with van der Waals surface area (Å²) < 4.78 is 16.1. The molecule has 1 heterocycles. The molecule has 0 spiro atoms. The van der Waals surface area contributed by atoms with Gasteiger partial charge in [-0.3, -0.25) is 5.32 Å². The first-order valence-electron chi connectivity index (χ1n) is 7.38. The first-order chi connectivity index (χ1) is 11.3. The van der Waals surface area contributed by atoms with E-state index in [1.807, 2.05) is 42.5 Å². The van der Waals surface area contributed by atoms with Crippen molar-refractivity contribution in [2.24, 2.45) is 0 Å². The molecule has 0 saturated heterocycles. The fourth-order valence-corrected chi connectivity index (χ4v) is 2.21. The summed E-state index contributed by atoms with van der Waals surface area (Å²) in [6, 6.07) is 15.4. The molecule has 5 nitrogen and oxygen atoms in total. The zero-order valence-electron chi connectivity index (χ0n) is 12.7. The molecule has 1 aromatic heterocycles. The average Bonchev–Trinajstić information content (AvgIpc) is 2.96. The topological polar surface area (TPSA) is 60.7 Å². The number of hydrogen-bond acceptors (Lipinski definition) is 4. The number of ether oxygens (including phenoxy) is 2. The molecule has 0 aliphatic rings. The third-order valence-electron chi connectivity index (χ3n) is 3.31. The summed E-state index contributed by atoms with van der Waals surface area (Å²) >= 11 is 0. The molecule has 3 rings (SSSR count). The predicted molar refractivity (Wildman–Crippen MR) is 87.6 cm³/mol. The molecule has 0 radical (unpaired) electrons. The Morgan fingerprint density at radius 1 is 1.17 bits per heavy atom. The van der Waals surface area contributed by atoms with E-state index in [4.69, 9.17) is 13.9 Å². The quantitative estimate of drug-likeness (QED) is 0.749. The molecule has 3 aromatic rings. The van der Waals surface area contributed by atoms with Gasteiger partial charge in [0.2, 0.25) is 0 Å². The molecule has 0 saturated carbocycles. The number of benzene rings is 2. The van der Waals surface area contributed by atoms with Crippen molar-refractivity contribution < 1.29 is 18.7 Å². The van der Waals surface area contributed by atoms with Crippen molar-refractivity contribution in [3.8, 4) is 5.75 Å². The van der Waals surface area contributed by atoms with Crippen LogP contribution in [-0.2, 0) is 11.3 Å². The van der Waals surface area contributed by atoms with Crippen molar-refractivity contribution in [1.82, 2.24) is 0 Å². The highest BCUT2D eigenvalue weighted by atomic mass is 16.5. The second-order valence-corrected chi connectivity index (χ2v) is 4.93. The highest BCUT2D eigenvalue weighted by molar-refractivity contribution is 5.98. The summed E-state index contributed by atoms with van der Waals surface area (Å²) in [6.07, 6.45) is 0.988. The van der Waals surface area contributed by atoms with E-state index in [1.54, 1.807) is 13.0 Å². The molecule has 0 unspecified atom stereocenters. The summed E-state index contributed by atoms with van der Waals surface area (Å²) in [7, 11) is 0. The summed E-state index contributed by atoms with van der Waals surface area (Å²) in [4.78, 5) is 11.5. The van der Waals surface area contributed by atoms with Gasteiger partial charge in [-0.15, -0.1) is 0 Å². The molecule has 0 atom stereocenters. The van der Waals surface area contributed by atoms with E-state index < -0.39 is 6.09 Å². The molecule has 2 aromatic carbocycles. The lowest BCUT2D eigenvalue weighted by Gasteiger charge is -2.06. The standard InChI is InChI=1S/C18H17NO4/c1-2-21-18(20)19-16-12-23-17-10-14(8-9-15(16)17)22-11-13-6-4-3-5-7-13/h3-10,12H,2,11H2,1H3,(H,19,20). The van der Waals surface area contributed by atoms with Gasteiger partial charge < -0.3 is 13.9 Å². The maximum absolute atomic E-state index is 11.5. The maximum atomic E-state index is 11.5. The van der Waals surface area contributed by atoms with Gasteiger partial charge in [0.25, 0.3) is 0 Å². The molecule has 0 fully saturated rings. The van der Waals surface area contributed by atoms with Gasteiger partial charge >= 0.3 is 6.09 Å². The summed E-state index contributed by atoms with van der Waals surface area (Å²) in [6.45, 7) is 2.56. The molecule has 1 N–H and O–H groups in total. The van der Waals surface area contributed by atoms with Crippen LogP contribution in [0.15, 0.2) is 59.2 Å². The highest BCUT2D eigenvalue weighted by Gasteiger charge is 2.10. The van der Waals surface area contributed by atoms with Gasteiger partial charge in [0, 0.05) is 11.5 Å². The van der Waals surface area contributed by atoms with Crippen LogP contribution in [0.5, 0.6) is 5.75 Å². The van der Waals surface area contributed by atoms with Crippen molar-refractivity contribution >= 4 is 22.7 Å². The minimum Gasteiger partial charge on any atom is -0.489 e. The molecule has 0 bridgehead atoms. The van der Waals surface area contributed by atoms with Crippen LogP contribution >= 0.6 is 0 Å².